The van der Waals surface area contributed by atoms with Crippen LogP contribution in [0.5, 0.6) is 0 Å². The van der Waals surface area contributed by atoms with Crippen LogP contribution in [-0.2, 0) is 4.74 Å². The van der Waals surface area contributed by atoms with Crippen molar-refractivity contribution in [1.82, 2.24) is 20.3 Å². The molecule has 1 aromatic carbocycles. The van der Waals surface area contributed by atoms with Crippen LogP contribution in [0.15, 0.2) is 24.4 Å². The number of aromatic nitrogens is 3. The second-order valence-corrected chi connectivity index (χ2v) is 6.53. The number of ether oxygens (including phenoxy) is 1. The Hall–Kier alpha value is -2.65. The summed E-state index contributed by atoms with van der Waals surface area (Å²) in [4.78, 5) is 24.7. The second kappa shape index (κ2) is 10.8. The number of benzene rings is 1. The fourth-order valence-electron chi connectivity index (χ4n) is 3.15. The number of piperidine rings is 1. The van der Waals surface area contributed by atoms with Gasteiger partial charge < -0.3 is 20.7 Å². The van der Waals surface area contributed by atoms with E-state index in [1.165, 1.54) is 0 Å². The van der Waals surface area contributed by atoms with E-state index in [1.54, 1.807) is 36.0 Å². The van der Waals surface area contributed by atoms with E-state index in [0.717, 1.165) is 31.6 Å². The number of esters is 1. The maximum atomic E-state index is 12.7. The van der Waals surface area contributed by atoms with Gasteiger partial charge in [0.15, 0.2) is 5.69 Å². The average Bonchev–Trinajstić information content (AvgIpc) is 3.21. The van der Waals surface area contributed by atoms with Gasteiger partial charge in [0, 0.05) is 6.54 Å². The minimum absolute atomic E-state index is 0. The normalized spacial score (nSPS) is 14.0. The fraction of sp³-hybridized carbons (Fsp3) is 0.474. The van der Waals surface area contributed by atoms with Crippen molar-refractivity contribution in [3.8, 4) is 0 Å². The van der Waals surface area contributed by atoms with Gasteiger partial charge in [-0.2, -0.15) is 0 Å². The molecule has 1 aliphatic rings. The zero-order valence-electron chi connectivity index (χ0n) is 16.6. The van der Waals surface area contributed by atoms with E-state index in [-0.39, 0.29) is 36.7 Å². The Morgan fingerprint density at radius 2 is 2.00 bits per heavy atom. The van der Waals surface area contributed by atoms with Gasteiger partial charge in [-0.05, 0) is 58.0 Å². The summed E-state index contributed by atoms with van der Waals surface area (Å²) >= 11 is 0. The molecule has 0 bridgehead atoms. The molecule has 1 aliphatic heterocycles. The lowest BCUT2D eigenvalue weighted by molar-refractivity contribution is 0.0526. The van der Waals surface area contributed by atoms with E-state index in [2.05, 4.69) is 26.3 Å². The minimum Gasteiger partial charge on any atom is -0.462 e. The highest BCUT2D eigenvalue weighted by molar-refractivity contribution is 6.05. The summed E-state index contributed by atoms with van der Waals surface area (Å²) in [5.41, 5.74) is 1.82. The topological polar surface area (TPSA) is 110 Å². The van der Waals surface area contributed by atoms with E-state index in [9.17, 15) is 9.59 Å². The van der Waals surface area contributed by atoms with Gasteiger partial charge in [-0.3, -0.25) is 4.79 Å². The van der Waals surface area contributed by atoms with Crippen LogP contribution in [0, 0.1) is 0 Å². The summed E-state index contributed by atoms with van der Waals surface area (Å²) in [6, 6.07) is 5.27. The van der Waals surface area contributed by atoms with E-state index >= 15 is 0 Å². The van der Waals surface area contributed by atoms with Gasteiger partial charge >= 0.3 is 5.97 Å². The van der Waals surface area contributed by atoms with Crippen molar-refractivity contribution >= 4 is 35.7 Å². The largest absolute Gasteiger partial charge is 0.462 e. The number of carbonyl (C=O) groups is 2. The number of halogens is 1. The maximum absolute atomic E-state index is 12.7. The van der Waals surface area contributed by atoms with Gasteiger partial charge in [0.1, 0.15) is 0 Å². The van der Waals surface area contributed by atoms with Gasteiger partial charge in [0.25, 0.3) is 5.91 Å². The maximum Gasteiger partial charge on any atom is 0.338 e. The van der Waals surface area contributed by atoms with Crippen molar-refractivity contribution in [2.75, 3.05) is 36.9 Å². The SMILES string of the molecule is CCNc1ccc(C(=O)OCC)cc1NC(=O)c1cn(C2CCNCC2)nn1.Cl. The molecule has 0 saturated carbocycles. The fourth-order valence-corrected chi connectivity index (χ4v) is 3.15. The van der Waals surface area contributed by atoms with Crippen LogP contribution >= 0.6 is 12.4 Å². The summed E-state index contributed by atoms with van der Waals surface area (Å²) in [7, 11) is 0. The van der Waals surface area contributed by atoms with Gasteiger partial charge in [-0.15, -0.1) is 17.5 Å². The van der Waals surface area contributed by atoms with Crippen LogP contribution in [0.4, 0.5) is 11.4 Å². The Morgan fingerprint density at radius 3 is 2.69 bits per heavy atom. The van der Waals surface area contributed by atoms with Crippen LogP contribution in [0.1, 0.15) is 53.6 Å². The molecule has 1 saturated heterocycles. The summed E-state index contributed by atoms with van der Waals surface area (Å²) in [5, 5.41) is 17.4. The smallest absolute Gasteiger partial charge is 0.338 e. The first-order valence-electron chi connectivity index (χ1n) is 9.61. The molecule has 0 atom stereocenters. The lowest BCUT2D eigenvalue weighted by Crippen LogP contribution is -2.29. The molecule has 2 aromatic rings. The van der Waals surface area contributed by atoms with E-state index in [4.69, 9.17) is 4.74 Å². The zero-order chi connectivity index (χ0) is 19.9. The number of rotatable bonds is 7. The third-order valence-corrected chi connectivity index (χ3v) is 4.57. The molecule has 1 fully saturated rings. The number of nitrogens with zero attached hydrogens (tertiary/aromatic N) is 3. The molecule has 3 rings (SSSR count). The molecule has 9 nitrogen and oxygen atoms in total. The molecule has 1 aromatic heterocycles. The highest BCUT2D eigenvalue weighted by Crippen LogP contribution is 2.25. The Bertz CT molecular complexity index is 835. The van der Waals surface area contributed by atoms with Crippen LogP contribution < -0.4 is 16.0 Å². The number of carbonyl (C=O) groups excluding carboxylic acids is 2. The predicted octanol–water partition coefficient (Wildman–Crippen LogP) is 2.49. The van der Waals surface area contributed by atoms with Crippen molar-refractivity contribution in [3.63, 3.8) is 0 Å². The molecule has 0 spiro atoms. The minimum atomic E-state index is -0.433. The van der Waals surface area contributed by atoms with Crippen molar-refractivity contribution in [1.29, 1.82) is 0 Å². The van der Waals surface area contributed by atoms with E-state index in [1.807, 2.05) is 6.92 Å². The Balaban J connectivity index is 0.00000300. The van der Waals surface area contributed by atoms with Gasteiger partial charge in [0.2, 0.25) is 0 Å². The Morgan fingerprint density at radius 1 is 1.24 bits per heavy atom. The van der Waals surface area contributed by atoms with Crippen LogP contribution in [-0.4, -0.2) is 53.1 Å². The first-order valence-corrected chi connectivity index (χ1v) is 9.61. The Kier molecular flexibility index (Phi) is 8.41. The molecule has 29 heavy (non-hydrogen) atoms. The third-order valence-electron chi connectivity index (χ3n) is 4.57. The monoisotopic (exact) mass is 422 g/mol. The molecule has 158 valence electrons. The molecule has 10 heteroatoms. The molecule has 2 heterocycles. The van der Waals surface area contributed by atoms with Crippen molar-refractivity contribution in [2.45, 2.75) is 32.7 Å². The molecule has 0 unspecified atom stereocenters. The second-order valence-electron chi connectivity index (χ2n) is 6.53. The Labute approximate surface area is 176 Å². The first-order chi connectivity index (χ1) is 13.6. The van der Waals surface area contributed by atoms with Gasteiger partial charge in [-0.25, -0.2) is 9.48 Å². The quantitative estimate of drug-likeness (QED) is 0.588. The summed E-state index contributed by atoms with van der Waals surface area (Å²) in [5.74, 6) is -0.807. The number of anilines is 2. The lowest BCUT2D eigenvalue weighted by atomic mass is 10.1. The van der Waals surface area contributed by atoms with E-state index < -0.39 is 5.97 Å². The van der Waals surface area contributed by atoms with Gasteiger partial charge in [0.05, 0.1) is 35.8 Å². The van der Waals surface area contributed by atoms with E-state index in [0.29, 0.717) is 17.8 Å². The predicted molar refractivity (Wildman–Crippen MR) is 113 cm³/mol. The molecular formula is C19H27ClN6O3. The molecule has 0 aliphatic carbocycles. The standard InChI is InChI=1S/C19H26N6O3.ClH/c1-3-21-15-6-5-13(19(27)28-4-2)11-16(15)22-18(26)17-12-25(24-23-17)14-7-9-20-10-8-14;/h5-6,11-12,14,20-21H,3-4,7-10H2,1-2H3,(H,22,26);1H. The summed E-state index contributed by atoms with van der Waals surface area (Å²) in [6.45, 7) is 6.52. The van der Waals surface area contributed by atoms with Crippen molar-refractivity contribution < 1.29 is 14.3 Å². The molecule has 1 amide bonds. The summed E-state index contributed by atoms with van der Waals surface area (Å²) < 4.78 is 6.80. The molecule has 3 N–H and O–H groups in total. The van der Waals surface area contributed by atoms with Crippen LogP contribution in [0.2, 0.25) is 0 Å². The zero-order valence-corrected chi connectivity index (χ0v) is 17.4. The van der Waals surface area contributed by atoms with Crippen LogP contribution in [0.25, 0.3) is 0 Å². The van der Waals surface area contributed by atoms with Gasteiger partial charge in [-0.1, -0.05) is 5.21 Å². The number of nitrogens with one attached hydrogen (secondary N) is 3. The number of amides is 1. The third kappa shape index (κ3) is 5.68. The number of hydrogen-bond acceptors (Lipinski definition) is 7. The highest BCUT2D eigenvalue weighted by Gasteiger charge is 2.20. The van der Waals surface area contributed by atoms with Crippen molar-refractivity contribution in [2.24, 2.45) is 0 Å². The number of hydrogen-bond donors (Lipinski definition) is 3. The lowest BCUT2D eigenvalue weighted by Gasteiger charge is -2.22. The molecule has 0 radical (unpaired) electrons. The highest BCUT2D eigenvalue weighted by atomic mass is 35.5. The summed E-state index contributed by atoms with van der Waals surface area (Å²) in [6.07, 6.45) is 3.58. The van der Waals surface area contributed by atoms with Crippen LogP contribution in [0.3, 0.4) is 0 Å². The molecular weight excluding hydrogens is 396 g/mol. The first kappa shape index (κ1) is 22.6. The average molecular weight is 423 g/mol. The van der Waals surface area contributed by atoms with Crippen molar-refractivity contribution in [3.05, 3.63) is 35.7 Å².